The number of piperidine rings is 1. The molecule has 0 saturated carbocycles. The quantitative estimate of drug-likeness (QED) is 0.557. The van der Waals surface area contributed by atoms with E-state index in [4.69, 9.17) is 9.47 Å². The van der Waals surface area contributed by atoms with Gasteiger partial charge in [-0.05, 0) is 57.9 Å². The fraction of sp³-hybridized carbons (Fsp3) is 0.500. The first-order valence-corrected chi connectivity index (χ1v) is 11.5. The highest BCUT2D eigenvalue weighted by molar-refractivity contribution is 7.17. The van der Waals surface area contributed by atoms with Gasteiger partial charge in [-0.2, -0.15) is 4.52 Å². The van der Waals surface area contributed by atoms with Crippen molar-refractivity contribution in [2.45, 2.75) is 39.7 Å². The van der Waals surface area contributed by atoms with Gasteiger partial charge in [0.2, 0.25) is 10.8 Å². The third kappa shape index (κ3) is 4.38. The molecule has 0 aliphatic carbocycles. The van der Waals surface area contributed by atoms with Gasteiger partial charge in [0, 0.05) is 6.54 Å². The number of carbonyl (C=O) groups excluding carboxylic acids is 1. The third-order valence-electron chi connectivity index (χ3n) is 5.50. The molecule has 0 radical (unpaired) electrons. The summed E-state index contributed by atoms with van der Waals surface area (Å²) in [5, 5.41) is 15.3. The van der Waals surface area contributed by atoms with Gasteiger partial charge < -0.3 is 14.6 Å². The van der Waals surface area contributed by atoms with Gasteiger partial charge >= 0.3 is 5.97 Å². The fourth-order valence-electron chi connectivity index (χ4n) is 4.16. The van der Waals surface area contributed by atoms with Crippen molar-refractivity contribution in [2.75, 3.05) is 26.3 Å². The van der Waals surface area contributed by atoms with Gasteiger partial charge in [0.1, 0.15) is 11.6 Å². The summed E-state index contributed by atoms with van der Waals surface area (Å²) in [6.07, 6.45) is 1.70. The number of aromatic hydroxyl groups is 1. The van der Waals surface area contributed by atoms with Crippen LogP contribution in [0.15, 0.2) is 24.3 Å². The molecule has 1 fully saturated rings. The Labute approximate surface area is 185 Å². The van der Waals surface area contributed by atoms with Gasteiger partial charge in [0.05, 0.1) is 30.1 Å². The fourth-order valence-corrected chi connectivity index (χ4v) is 5.32. The maximum absolute atomic E-state index is 12.4. The van der Waals surface area contributed by atoms with E-state index in [9.17, 15) is 9.90 Å². The molecule has 8 nitrogen and oxygen atoms in total. The number of esters is 1. The lowest BCUT2D eigenvalue weighted by molar-refractivity contribution is -0.150. The number of benzene rings is 1. The molecule has 0 amide bonds. The molecular formula is C22H28N4O4S. The van der Waals surface area contributed by atoms with Crippen molar-refractivity contribution >= 4 is 22.3 Å². The third-order valence-corrected chi connectivity index (χ3v) is 6.57. The van der Waals surface area contributed by atoms with E-state index < -0.39 is 0 Å². The second-order valence-electron chi connectivity index (χ2n) is 7.63. The summed E-state index contributed by atoms with van der Waals surface area (Å²) in [5.41, 5.74) is 1.02. The summed E-state index contributed by atoms with van der Waals surface area (Å²) in [5.74, 6) is 1.19. The van der Waals surface area contributed by atoms with Crippen LogP contribution in [0.2, 0.25) is 0 Å². The van der Waals surface area contributed by atoms with Crippen LogP contribution in [0.5, 0.6) is 11.6 Å². The van der Waals surface area contributed by atoms with Crippen LogP contribution in [0.25, 0.3) is 4.96 Å². The highest BCUT2D eigenvalue weighted by Gasteiger charge is 2.35. The van der Waals surface area contributed by atoms with Crippen molar-refractivity contribution in [2.24, 2.45) is 5.92 Å². The number of nitrogens with zero attached hydrogens (tertiary/aromatic N) is 4. The molecule has 4 rings (SSSR count). The molecule has 3 heterocycles. The van der Waals surface area contributed by atoms with Crippen LogP contribution in [0, 0.1) is 12.8 Å². The zero-order chi connectivity index (χ0) is 22.0. The van der Waals surface area contributed by atoms with Crippen molar-refractivity contribution in [3.8, 4) is 11.6 Å². The molecule has 1 N–H and O–H groups in total. The van der Waals surface area contributed by atoms with E-state index in [0.29, 0.717) is 30.5 Å². The van der Waals surface area contributed by atoms with Gasteiger partial charge in [0.15, 0.2) is 0 Å². The predicted molar refractivity (Wildman–Crippen MR) is 118 cm³/mol. The predicted octanol–water partition coefficient (Wildman–Crippen LogP) is 3.57. The number of thiazole rings is 1. The summed E-state index contributed by atoms with van der Waals surface area (Å²) < 4.78 is 12.4. The van der Waals surface area contributed by atoms with Crippen LogP contribution in [0.3, 0.4) is 0 Å². The monoisotopic (exact) mass is 444 g/mol. The largest absolute Gasteiger partial charge is 0.494 e. The number of hydrogen-bond donors (Lipinski definition) is 1. The number of likely N-dealkylation sites (tertiary alicyclic amines) is 1. The zero-order valence-electron chi connectivity index (χ0n) is 18.1. The molecule has 9 heteroatoms. The summed E-state index contributed by atoms with van der Waals surface area (Å²) in [7, 11) is 0. The standard InChI is InChI=1S/C22H28N4O4S/c1-4-29-17-10-8-15(9-11-17)18(19-20(27)26-22(31-19)23-14(3)24-26)25-12-6-7-16(13-25)21(28)30-5-2/h8-11,16,18,27H,4-7,12-13H2,1-3H3/t16-,18+/m1/s1. The number of aryl methyl sites for hydroxylation is 1. The lowest BCUT2D eigenvalue weighted by atomic mass is 9.94. The molecule has 0 bridgehead atoms. The van der Waals surface area contributed by atoms with E-state index >= 15 is 0 Å². The van der Waals surface area contributed by atoms with Gasteiger partial charge in [-0.3, -0.25) is 9.69 Å². The van der Waals surface area contributed by atoms with Crippen molar-refractivity contribution in [1.29, 1.82) is 0 Å². The number of fused-ring (bicyclic) bond motifs is 1. The lowest BCUT2D eigenvalue weighted by Crippen LogP contribution is -2.41. The number of rotatable bonds is 7. The summed E-state index contributed by atoms with van der Waals surface area (Å²) >= 11 is 1.43. The topological polar surface area (TPSA) is 89.2 Å². The van der Waals surface area contributed by atoms with Crippen LogP contribution in [0.1, 0.15) is 49.0 Å². The Morgan fingerprint density at radius 3 is 2.74 bits per heavy atom. The lowest BCUT2D eigenvalue weighted by Gasteiger charge is -2.37. The maximum atomic E-state index is 12.4. The molecule has 1 aromatic carbocycles. The molecule has 0 unspecified atom stereocenters. The Morgan fingerprint density at radius 2 is 2.06 bits per heavy atom. The Kier molecular flexibility index (Phi) is 6.43. The molecule has 31 heavy (non-hydrogen) atoms. The van der Waals surface area contributed by atoms with Crippen molar-refractivity contribution in [3.05, 3.63) is 40.5 Å². The maximum Gasteiger partial charge on any atom is 0.310 e. The van der Waals surface area contributed by atoms with Crippen LogP contribution < -0.4 is 4.74 Å². The summed E-state index contributed by atoms with van der Waals surface area (Å²) in [6, 6.07) is 7.70. The summed E-state index contributed by atoms with van der Waals surface area (Å²) in [6.45, 7) is 7.96. The molecular weight excluding hydrogens is 416 g/mol. The van der Waals surface area contributed by atoms with E-state index in [1.807, 2.05) is 38.1 Å². The zero-order valence-corrected chi connectivity index (χ0v) is 18.9. The second-order valence-corrected chi connectivity index (χ2v) is 8.64. The Morgan fingerprint density at radius 1 is 1.29 bits per heavy atom. The minimum atomic E-state index is -0.221. The Hall–Kier alpha value is -2.65. The number of aromatic nitrogens is 3. The van der Waals surface area contributed by atoms with Gasteiger partial charge in [-0.1, -0.05) is 23.5 Å². The Balaban J connectivity index is 1.72. The molecule has 2 aromatic heterocycles. The molecule has 1 aliphatic heterocycles. The number of ether oxygens (including phenoxy) is 2. The van der Waals surface area contributed by atoms with Crippen molar-refractivity contribution in [3.63, 3.8) is 0 Å². The van der Waals surface area contributed by atoms with E-state index in [1.54, 1.807) is 6.92 Å². The Bertz CT molecular complexity index is 1050. The molecule has 1 saturated heterocycles. The first-order chi connectivity index (χ1) is 15.0. The molecule has 0 spiro atoms. The second kappa shape index (κ2) is 9.23. The molecule has 1 aliphatic rings. The molecule has 3 aromatic rings. The SMILES string of the molecule is CCOC(=O)[C@@H]1CCCN([C@@H](c2ccc(OCC)cc2)c2sc3nc(C)nn3c2O)C1. The van der Waals surface area contributed by atoms with Crippen molar-refractivity contribution in [1.82, 2.24) is 19.5 Å². The first kappa shape index (κ1) is 21.6. The smallest absolute Gasteiger partial charge is 0.310 e. The molecule has 166 valence electrons. The van der Waals surface area contributed by atoms with Gasteiger partial charge in [0.25, 0.3) is 0 Å². The van der Waals surface area contributed by atoms with Gasteiger partial charge in [-0.15, -0.1) is 5.10 Å². The van der Waals surface area contributed by atoms with Crippen LogP contribution >= 0.6 is 11.3 Å². The van der Waals surface area contributed by atoms with Crippen LogP contribution in [0.4, 0.5) is 0 Å². The van der Waals surface area contributed by atoms with Crippen LogP contribution in [-0.4, -0.2) is 56.9 Å². The number of carbonyl (C=O) groups is 1. The number of hydrogen-bond acceptors (Lipinski definition) is 8. The van der Waals surface area contributed by atoms with Gasteiger partial charge in [-0.25, -0.2) is 4.98 Å². The van der Waals surface area contributed by atoms with Crippen molar-refractivity contribution < 1.29 is 19.4 Å². The molecule has 2 atom stereocenters. The van der Waals surface area contributed by atoms with E-state index in [-0.39, 0.29) is 23.8 Å². The minimum absolute atomic E-state index is 0.0951. The van der Waals surface area contributed by atoms with Crippen LogP contribution in [-0.2, 0) is 9.53 Å². The average Bonchev–Trinajstić information content (AvgIpc) is 3.27. The van der Waals surface area contributed by atoms with E-state index in [1.165, 1.54) is 15.9 Å². The highest BCUT2D eigenvalue weighted by atomic mass is 32.1. The summed E-state index contributed by atoms with van der Waals surface area (Å²) in [4.78, 5) is 20.5. The normalized spacial score (nSPS) is 18.2. The van der Waals surface area contributed by atoms with E-state index in [0.717, 1.165) is 35.6 Å². The highest BCUT2D eigenvalue weighted by Crippen LogP contribution is 2.41. The minimum Gasteiger partial charge on any atom is -0.494 e. The average molecular weight is 445 g/mol. The first-order valence-electron chi connectivity index (χ1n) is 10.7. The van der Waals surface area contributed by atoms with E-state index in [2.05, 4.69) is 15.0 Å².